The second kappa shape index (κ2) is 8.39. The Morgan fingerprint density at radius 3 is 2.00 bits per heavy atom. The van der Waals surface area contributed by atoms with E-state index in [1.54, 1.807) is 18.2 Å². The highest BCUT2D eigenvalue weighted by molar-refractivity contribution is 6.31. The van der Waals surface area contributed by atoms with Crippen LogP contribution in [0.5, 0.6) is 0 Å². The fourth-order valence-electron chi connectivity index (χ4n) is 1.72. The fourth-order valence-corrected chi connectivity index (χ4v) is 1.89. The number of alkyl halides is 3. The maximum absolute atomic E-state index is 10.8. The van der Waals surface area contributed by atoms with Crippen LogP contribution in [-0.2, 0) is 4.79 Å². The minimum absolute atomic E-state index is 0.485. The molecular formula is C16H13ClF3NO4. The largest absolute Gasteiger partial charge is 0.490 e. The molecule has 0 aromatic heterocycles. The average Bonchev–Trinajstić information content (AvgIpc) is 2.47. The van der Waals surface area contributed by atoms with E-state index in [2.05, 4.69) is 5.32 Å². The van der Waals surface area contributed by atoms with Crippen molar-refractivity contribution in [2.45, 2.75) is 13.1 Å². The van der Waals surface area contributed by atoms with E-state index >= 15 is 0 Å². The third-order valence-corrected chi connectivity index (χ3v) is 3.06. The summed E-state index contributed by atoms with van der Waals surface area (Å²) >= 11 is 5.88. The van der Waals surface area contributed by atoms with Gasteiger partial charge in [-0.05, 0) is 24.6 Å². The zero-order chi connectivity index (χ0) is 19.2. The van der Waals surface area contributed by atoms with Crippen LogP contribution in [-0.4, -0.2) is 28.5 Å². The second-order valence-corrected chi connectivity index (χ2v) is 5.23. The van der Waals surface area contributed by atoms with Crippen molar-refractivity contribution in [2.75, 3.05) is 5.32 Å². The van der Waals surface area contributed by atoms with Crippen molar-refractivity contribution >= 4 is 29.4 Å². The molecule has 0 aliphatic rings. The van der Waals surface area contributed by atoms with Gasteiger partial charge >= 0.3 is 18.2 Å². The number of benzene rings is 2. The lowest BCUT2D eigenvalue weighted by atomic mass is 10.0. The van der Waals surface area contributed by atoms with Gasteiger partial charge in [-0.15, -0.1) is 0 Å². The van der Waals surface area contributed by atoms with Gasteiger partial charge in [0.05, 0.1) is 5.69 Å². The van der Waals surface area contributed by atoms with Crippen LogP contribution in [0, 0.1) is 6.92 Å². The predicted octanol–water partition coefficient (Wildman–Crippen LogP) is 5.04. The Kier molecular flexibility index (Phi) is 6.81. The number of carboxylic acids is 1. The van der Waals surface area contributed by atoms with Crippen LogP contribution < -0.4 is 5.32 Å². The van der Waals surface area contributed by atoms with Crippen LogP contribution >= 0.6 is 11.6 Å². The Morgan fingerprint density at radius 1 is 1.04 bits per heavy atom. The quantitative estimate of drug-likeness (QED) is 0.686. The number of hydrogen-bond acceptors (Lipinski definition) is 2. The summed E-state index contributed by atoms with van der Waals surface area (Å²) in [7, 11) is 0. The number of rotatable bonds is 2. The predicted molar refractivity (Wildman–Crippen MR) is 87.0 cm³/mol. The summed E-state index contributed by atoms with van der Waals surface area (Å²) in [6.07, 6.45) is -6.19. The maximum atomic E-state index is 10.8. The first kappa shape index (κ1) is 20.3. The smallest absolute Gasteiger partial charge is 0.475 e. The highest BCUT2D eigenvalue weighted by Crippen LogP contribution is 2.30. The van der Waals surface area contributed by atoms with Gasteiger partial charge in [0.15, 0.2) is 0 Å². The Labute approximate surface area is 145 Å². The van der Waals surface area contributed by atoms with E-state index in [1.807, 2.05) is 31.2 Å². The van der Waals surface area contributed by atoms with Crippen LogP contribution in [0.4, 0.5) is 23.7 Å². The van der Waals surface area contributed by atoms with E-state index in [0.29, 0.717) is 10.7 Å². The molecule has 0 atom stereocenters. The van der Waals surface area contributed by atoms with Gasteiger partial charge < -0.3 is 10.2 Å². The molecule has 0 saturated carbocycles. The van der Waals surface area contributed by atoms with Crippen molar-refractivity contribution in [1.82, 2.24) is 0 Å². The van der Waals surface area contributed by atoms with Gasteiger partial charge in [0, 0.05) is 10.6 Å². The molecule has 9 heteroatoms. The van der Waals surface area contributed by atoms with Gasteiger partial charge in [-0.2, -0.15) is 13.2 Å². The fraction of sp³-hybridized carbons (Fsp3) is 0.125. The number of carboxylic acid groups (broad SMARTS) is 2. The van der Waals surface area contributed by atoms with Gasteiger partial charge in [0.1, 0.15) is 0 Å². The van der Waals surface area contributed by atoms with E-state index in [9.17, 15) is 18.0 Å². The summed E-state index contributed by atoms with van der Waals surface area (Å²) in [5.74, 6) is -2.76. The van der Waals surface area contributed by atoms with Crippen LogP contribution in [0.2, 0.25) is 5.02 Å². The second-order valence-electron chi connectivity index (χ2n) is 4.79. The highest BCUT2D eigenvalue weighted by atomic mass is 35.5. The first-order valence-corrected chi connectivity index (χ1v) is 7.05. The molecule has 0 fully saturated rings. The summed E-state index contributed by atoms with van der Waals surface area (Å²) in [4.78, 5) is 19.7. The van der Waals surface area contributed by atoms with Crippen molar-refractivity contribution in [3.63, 3.8) is 0 Å². The van der Waals surface area contributed by atoms with Gasteiger partial charge in [-0.3, -0.25) is 5.32 Å². The van der Waals surface area contributed by atoms with Gasteiger partial charge in [0.25, 0.3) is 0 Å². The van der Waals surface area contributed by atoms with Gasteiger partial charge in [-0.1, -0.05) is 47.5 Å². The number of aryl methyl sites for hydroxylation is 1. The number of hydrogen-bond donors (Lipinski definition) is 3. The Morgan fingerprint density at radius 2 is 1.56 bits per heavy atom. The molecule has 0 radical (unpaired) electrons. The first-order chi connectivity index (χ1) is 11.5. The maximum Gasteiger partial charge on any atom is 0.490 e. The minimum atomic E-state index is -5.08. The molecule has 2 aromatic carbocycles. The molecule has 3 N–H and O–H groups in total. The molecular weight excluding hydrogens is 363 g/mol. The van der Waals surface area contributed by atoms with E-state index in [4.69, 9.17) is 26.6 Å². The third kappa shape index (κ3) is 6.72. The number of nitrogens with one attached hydrogen (secondary N) is 1. The van der Waals surface area contributed by atoms with Crippen molar-refractivity contribution in [3.05, 3.63) is 53.1 Å². The van der Waals surface area contributed by atoms with Crippen LogP contribution in [0.1, 0.15) is 5.56 Å². The molecule has 2 aromatic rings. The highest BCUT2D eigenvalue weighted by Gasteiger charge is 2.38. The third-order valence-electron chi connectivity index (χ3n) is 2.83. The normalized spacial score (nSPS) is 10.4. The van der Waals surface area contributed by atoms with Gasteiger partial charge in [-0.25, -0.2) is 9.59 Å². The van der Waals surface area contributed by atoms with Crippen LogP contribution in [0.3, 0.4) is 0 Å². The van der Waals surface area contributed by atoms with E-state index in [1.165, 1.54) is 0 Å². The van der Waals surface area contributed by atoms with Crippen LogP contribution in [0.25, 0.3) is 11.1 Å². The van der Waals surface area contributed by atoms with E-state index < -0.39 is 18.2 Å². The summed E-state index contributed by atoms with van der Waals surface area (Å²) in [5.41, 5.74) is 3.39. The van der Waals surface area contributed by atoms with Crippen molar-refractivity contribution < 1.29 is 33.0 Å². The Balaban J connectivity index is 0.000000381. The lowest BCUT2D eigenvalue weighted by Gasteiger charge is -2.10. The lowest BCUT2D eigenvalue weighted by molar-refractivity contribution is -0.192. The topological polar surface area (TPSA) is 86.6 Å². The van der Waals surface area contributed by atoms with Crippen LogP contribution in [0.15, 0.2) is 42.5 Å². The molecule has 0 bridgehead atoms. The number of aliphatic carboxylic acids is 1. The first-order valence-electron chi connectivity index (χ1n) is 6.67. The summed E-state index contributed by atoms with van der Waals surface area (Å²) in [6, 6.07) is 13.0. The summed E-state index contributed by atoms with van der Waals surface area (Å²) in [6.45, 7) is 2.00. The number of halogens is 4. The van der Waals surface area contributed by atoms with Crippen molar-refractivity contribution in [3.8, 4) is 11.1 Å². The van der Waals surface area contributed by atoms with E-state index in [-0.39, 0.29) is 0 Å². The average molecular weight is 376 g/mol. The zero-order valence-electron chi connectivity index (χ0n) is 12.8. The molecule has 0 aliphatic carbocycles. The minimum Gasteiger partial charge on any atom is -0.475 e. The Hall–Kier alpha value is -2.74. The standard InChI is InChI=1S/C14H12ClNO2.C2HF3O2/c1-9-2-4-10(5-3-9)12-7-6-11(15)8-13(12)16-14(17)18;3-2(4,5)1(6)7/h2-8,16H,1H3,(H,17,18);(H,6,7). The molecule has 0 unspecified atom stereocenters. The molecule has 134 valence electrons. The monoisotopic (exact) mass is 375 g/mol. The van der Waals surface area contributed by atoms with Crippen molar-refractivity contribution in [2.24, 2.45) is 0 Å². The molecule has 0 aliphatic heterocycles. The number of amides is 1. The van der Waals surface area contributed by atoms with Crippen molar-refractivity contribution in [1.29, 1.82) is 0 Å². The molecule has 0 saturated heterocycles. The Bertz CT molecular complexity index is 761. The molecule has 5 nitrogen and oxygen atoms in total. The number of anilines is 1. The number of carbonyl (C=O) groups is 2. The van der Waals surface area contributed by atoms with E-state index in [0.717, 1.165) is 16.7 Å². The molecule has 25 heavy (non-hydrogen) atoms. The summed E-state index contributed by atoms with van der Waals surface area (Å²) in [5, 5.41) is 18.8. The van der Waals surface area contributed by atoms with Gasteiger partial charge in [0.2, 0.25) is 0 Å². The molecule has 1 amide bonds. The SMILES string of the molecule is Cc1ccc(-c2ccc(Cl)cc2NC(=O)O)cc1.O=C(O)C(F)(F)F. The summed E-state index contributed by atoms with van der Waals surface area (Å²) < 4.78 is 31.7. The molecule has 0 heterocycles. The molecule has 2 rings (SSSR count). The molecule has 0 spiro atoms. The zero-order valence-corrected chi connectivity index (χ0v) is 13.5. The lowest BCUT2D eigenvalue weighted by Crippen LogP contribution is -2.21.